The molecule has 0 atom stereocenters. The molecule has 0 saturated carbocycles. The fourth-order valence-electron chi connectivity index (χ4n) is 1.78. The first-order valence-electron chi connectivity index (χ1n) is 6.42. The lowest BCUT2D eigenvalue weighted by molar-refractivity contribution is -0.118. The molecule has 0 aliphatic rings. The smallest absolute Gasteiger partial charge is 0.262 e. The van der Waals surface area contributed by atoms with Gasteiger partial charge >= 0.3 is 0 Å². The molecule has 2 aromatic rings. The number of hydrogen-bond acceptors (Lipinski definition) is 4. The SMILES string of the molecule is COc1ccc(NC(=O)COc2ccccc2)cc1OC. The number of para-hydroxylation sites is 1. The third-order valence-corrected chi connectivity index (χ3v) is 2.78. The Morgan fingerprint density at radius 1 is 1.00 bits per heavy atom. The Hall–Kier alpha value is -2.69. The van der Waals surface area contributed by atoms with Crippen LogP contribution in [0.3, 0.4) is 0 Å². The van der Waals surface area contributed by atoms with Crippen LogP contribution in [0.25, 0.3) is 0 Å². The molecule has 0 aliphatic carbocycles. The van der Waals surface area contributed by atoms with E-state index in [1.807, 2.05) is 18.2 Å². The lowest BCUT2D eigenvalue weighted by atomic mass is 10.2. The molecule has 0 bridgehead atoms. The number of methoxy groups -OCH3 is 2. The average molecular weight is 287 g/mol. The summed E-state index contributed by atoms with van der Waals surface area (Å²) in [6.07, 6.45) is 0. The van der Waals surface area contributed by atoms with Gasteiger partial charge in [0, 0.05) is 11.8 Å². The lowest BCUT2D eigenvalue weighted by Gasteiger charge is -2.11. The second kappa shape index (κ2) is 7.19. The van der Waals surface area contributed by atoms with E-state index < -0.39 is 0 Å². The number of anilines is 1. The van der Waals surface area contributed by atoms with Gasteiger partial charge in [0.25, 0.3) is 5.91 Å². The van der Waals surface area contributed by atoms with Gasteiger partial charge in [-0.25, -0.2) is 0 Å². The monoisotopic (exact) mass is 287 g/mol. The van der Waals surface area contributed by atoms with Gasteiger partial charge in [-0.05, 0) is 24.3 Å². The zero-order valence-corrected chi connectivity index (χ0v) is 12.0. The first kappa shape index (κ1) is 14.7. The van der Waals surface area contributed by atoms with E-state index in [1.165, 1.54) is 0 Å². The van der Waals surface area contributed by atoms with E-state index in [1.54, 1.807) is 44.6 Å². The summed E-state index contributed by atoms with van der Waals surface area (Å²) in [4.78, 5) is 11.8. The summed E-state index contributed by atoms with van der Waals surface area (Å²) in [5.74, 6) is 1.57. The van der Waals surface area contributed by atoms with Crippen LogP contribution in [0.4, 0.5) is 5.69 Å². The first-order valence-corrected chi connectivity index (χ1v) is 6.42. The van der Waals surface area contributed by atoms with Gasteiger partial charge in [-0.1, -0.05) is 18.2 Å². The minimum atomic E-state index is -0.244. The van der Waals surface area contributed by atoms with Gasteiger partial charge in [0.05, 0.1) is 14.2 Å². The second-order valence-corrected chi connectivity index (χ2v) is 4.22. The van der Waals surface area contributed by atoms with Crippen molar-refractivity contribution in [2.24, 2.45) is 0 Å². The van der Waals surface area contributed by atoms with Gasteiger partial charge < -0.3 is 19.5 Å². The number of nitrogens with one attached hydrogen (secondary N) is 1. The van der Waals surface area contributed by atoms with Gasteiger partial charge in [0.2, 0.25) is 0 Å². The van der Waals surface area contributed by atoms with Gasteiger partial charge in [-0.2, -0.15) is 0 Å². The van der Waals surface area contributed by atoms with E-state index in [0.717, 1.165) is 0 Å². The summed E-state index contributed by atoms with van der Waals surface area (Å²) < 4.78 is 15.7. The van der Waals surface area contributed by atoms with Crippen molar-refractivity contribution in [3.63, 3.8) is 0 Å². The van der Waals surface area contributed by atoms with Crippen LogP contribution in [-0.4, -0.2) is 26.7 Å². The molecule has 2 aromatic carbocycles. The van der Waals surface area contributed by atoms with Crippen LogP contribution in [0.15, 0.2) is 48.5 Å². The summed E-state index contributed by atoms with van der Waals surface area (Å²) in [7, 11) is 3.10. The van der Waals surface area contributed by atoms with E-state index >= 15 is 0 Å². The Labute approximate surface area is 123 Å². The van der Waals surface area contributed by atoms with Crippen LogP contribution in [0.2, 0.25) is 0 Å². The predicted octanol–water partition coefficient (Wildman–Crippen LogP) is 2.72. The molecule has 110 valence electrons. The lowest BCUT2D eigenvalue weighted by Crippen LogP contribution is -2.20. The summed E-state index contributed by atoms with van der Waals surface area (Å²) in [6.45, 7) is -0.0572. The topological polar surface area (TPSA) is 56.8 Å². The Bertz CT molecular complexity index is 598. The van der Waals surface area contributed by atoms with E-state index in [-0.39, 0.29) is 12.5 Å². The number of rotatable bonds is 6. The zero-order valence-electron chi connectivity index (χ0n) is 12.0. The minimum absolute atomic E-state index is 0.0572. The summed E-state index contributed by atoms with van der Waals surface area (Å²) in [5.41, 5.74) is 0.620. The van der Waals surface area contributed by atoms with Crippen molar-refractivity contribution in [2.75, 3.05) is 26.1 Å². The van der Waals surface area contributed by atoms with Crippen LogP contribution < -0.4 is 19.5 Å². The fourth-order valence-corrected chi connectivity index (χ4v) is 1.78. The Balaban J connectivity index is 1.93. The van der Waals surface area contributed by atoms with Crippen LogP contribution in [0.1, 0.15) is 0 Å². The number of carbonyl (C=O) groups excluding carboxylic acids is 1. The number of carbonyl (C=O) groups is 1. The van der Waals surface area contributed by atoms with Crippen molar-refractivity contribution in [3.05, 3.63) is 48.5 Å². The van der Waals surface area contributed by atoms with Crippen molar-refractivity contribution in [1.82, 2.24) is 0 Å². The van der Waals surface area contributed by atoms with Crippen molar-refractivity contribution < 1.29 is 19.0 Å². The molecule has 0 spiro atoms. The molecule has 0 unspecified atom stereocenters. The largest absolute Gasteiger partial charge is 0.493 e. The highest BCUT2D eigenvalue weighted by Crippen LogP contribution is 2.29. The molecule has 21 heavy (non-hydrogen) atoms. The molecule has 0 fully saturated rings. The molecule has 1 amide bonds. The average Bonchev–Trinajstić information content (AvgIpc) is 2.53. The van der Waals surface area contributed by atoms with E-state index in [4.69, 9.17) is 14.2 Å². The van der Waals surface area contributed by atoms with Crippen molar-refractivity contribution in [1.29, 1.82) is 0 Å². The van der Waals surface area contributed by atoms with Crippen molar-refractivity contribution in [2.45, 2.75) is 0 Å². The maximum atomic E-state index is 11.8. The van der Waals surface area contributed by atoms with E-state index in [9.17, 15) is 4.79 Å². The highest BCUT2D eigenvalue weighted by atomic mass is 16.5. The van der Waals surface area contributed by atoms with E-state index in [2.05, 4.69) is 5.32 Å². The fraction of sp³-hybridized carbons (Fsp3) is 0.188. The Kier molecular flexibility index (Phi) is 5.04. The molecule has 5 nitrogen and oxygen atoms in total. The summed E-state index contributed by atoms with van der Waals surface area (Å²) in [6, 6.07) is 14.3. The number of benzene rings is 2. The van der Waals surface area contributed by atoms with Crippen LogP contribution in [0.5, 0.6) is 17.2 Å². The minimum Gasteiger partial charge on any atom is -0.493 e. The third kappa shape index (κ3) is 4.14. The van der Waals surface area contributed by atoms with Crippen molar-refractivity contribution in [3.8, 4) is 17.2 Å². The van der Waals surface area contributed by atoms with Crippen LogP contribution in [-0.2, 0) is 4.79 Å². The van der Waals surface area contributed by atoms with Gasteiger partial charge in [-0.15, -0.1) is 0 Å². The molecular formula is C16H17NO4. The molecule has 0 saturated heterocycles. The van der Waals surface area contributed by atoms with Gasteiger partial charge in [0.1, 0.15) is 5.75 Å². The second-order valence-electron chi connectivity index (χ2n) is 4.22. The maximum Gasteiger partial charge on any atom is 0.262 e. The molecule has 0 aliphatic heterocycles. The molecule has 0 aromatic heterocycles. The highest BCUT2D eigenvalue weighted by molar-refractivity contribution is 5.92. The summed E-state index contributed by atoms with van der Waals surface area (Å²) >= 11 is 0. The number of hydrogen-bond donors (Lipinski definition) is 1. The predicted molar refractivity (Wildman–Crippen MR) is 80.1 cm³/mol. The zero-order chi connectivity index (χ0) is 15.1. The van der Waals surface area contributed by atoms with Gasteiger partial charge in [0.15, 0.2) is 18.1 Å². The molecule has 1 N–H and O–H groups in total. The molecule has 0 heterocycles. The molecular weight excluding hydrogens is 270 g/mol. The van der Waals surface area contributed by atoms with Gasteiger partial charge in [-0.3, -0.25) is 4.79 Å². The van der Waals surface area contributed by atoms with Crippen molar-refractivity contribution >= 4 is 11.6 Å². The van der Waals surface area contributed by atoms with Crippen LogP contribution >= 0.6 is 0 Å². The number of ether oxygens (including phenoxy) is 3. The first-order chi connectivity index (χ1) is 10.2. The quantitative estimate of drug-likeness (QED) is 0.887. The standard InChI is InChI=1S/C16H17NO4/c1-19-14-9-8-12(10-15(14)20-2)17-16(18)11-21-13-6-4-3-5-7-13/h3-10H,11H2,1-2H3,(H,17,18). The molecule has 5 heteroatoms. The van der Waals surface area contributed by atoms with Crippen LogP contribution in [0, 0.1) is 0 Å². The number of amides is 1. The molecule has 2 rings (SSSR count). The Morgan fingerprint density at radius 3 is 2.38 bits per heavy atom. The third-order valence-electron chi connectivity index (χ3n) is 2.78. The Morgan fingerprint density at radius 2 is 1.71 bits per heavy atom. The summed E-state index contributed by atoms with van der Waals surface area (Å²) in [5, 5.41) is 2.74. The highest BCUT2D eigenvalue weighted by Gasteiger charge is 2.08. The maximum absolute atomic E-state index is 11.8. The van der Waals surface area contributed by atoms with E-state index in [0.29, 0.717) is 22.9 Å². The molecule has 0 radical (unpaired) electrons. The normalized spacial score (nSPS) is 9.81.